The Bertz CT molecular complexity index is 580. The zero-order valence-corrected chi connectivity index (χ0v) is 10.2. The zero-order chi connectivity index (χ0) is 13.8. The molecule has 0 amide bonds. The Kier molecular flexibility index (Phi) is 3.90. The number of ether oxygens (including phenoxy) is 1. The smallest absolute Gasteiger partial charge is 0.194 e. The Balaban J connectivity index is 2.22. The Morgan fingerprint density at radius 2 is 1.37 bits per heavy atom. The van der Waals surface area contributed by atoms with Crippen molar-refractivity contribution in [2.24, 2.45) is 0 Å². The molecule has 0 aliphatic carbocycles. The third-order valence-electron chi connectivity index (χ3n) is 2.59. The summed E-state index contributed by atoms with van der Waals surface area (Å²) in [5.41, 5.74) is 1.10. The van der Waals surface area contributed by atoms with Crippen LogP contribution < -0.4 is 4.74 Å². The van der Waals surface area contributed by atoms with E-state index in [-0.39, 0.29) is 5.56 Å². The molecule has 0 bridgehead atoms. The average Bonchev–Trinajstić information content (AvgIpc) is 2.43. The third-order valence-corrected chi connectivity index (χ3v) is 2.59. The van der Waals surface area contributed by atoms with Crippen LogP contribution in [0.3, 0.4) is 0 Å². The molecule has 0 aliphatic heterocycles. The van der Waals surface area contributed by atoms with Crippen LogP contribution in [0.15, 0.2) is 36.4 Å². The number of halogens is 3. The van der Waals surface area contributed by atoms with E-state index in [9.17, 15) is 13.2 Å². The number of benzene rings is 2. The molecule has 0 aromatic heterocycles. The Hall–Kier alpha value is -2.23. The fourth-order valence-corrected chi connectivity index (χ4v) is 1.58. The summed E-state index contributed by atoms with van der Waals surface area (Å²) in [6, 6.07) is 9.02. The summed E-state index contributed by atoms with van der Waals surface area (Å²) in [7, 11) is 1.56. The summed E-state index contributed by atoms with van der Waals surface area (Å²) in [5.74, 6) is -3.14. The quantitative estimate of drug-likeness (QED) is 0.593. The lowest BCUT2D eigenvalue weighted by atomic mass is 10.1. The minimum absolute atomic E-state index is 0.257. The summed E-state index contributed by atoms with van der Waals surface area (Å²) >= 11 is 0. The summed E-state index contributed by atoms with van der Waals surface area (Å²) in [6.45, 7) is 0. The van der Waals surface area contributed by atoms with Gasteiger partial charge in [0.25, 0.3) is 0 Å². The van der Waals surface area contributed by atoms with Gasteiger partial charge in [-0.05, 0) is 35.4 Å². The van der Waals surface area contributed by atoms with Crippen LogP contribution in [-0.2, 0) is 0 Å². The minimum atomic E-state index is -1.46. The molecular formula is C15H11F3O. The first-order valence-electron chi connectivity index (χ1n) is 5.57. The molecular weight excluding hydrogens is 253 g/mol. The molecule has 4 heteroatoms. The van der Waals surface area contributed by atoms with Crippen LogP contribution in [0.2, 0.25) is 0 Å². The maximum atomic E-state index is 13.0. The average molecular weight is 264 g/mol. The lowest BCUT2D eigenvalue weighted by Gasteiger charge is -2.00. The molecule has 0 radical (unpaired) electrons. The van der Waals surface area contributed by atoms with Gasteiger partial charge in [-0.2, -0.15) is 0 Å². The van der Waals surface area contributed by atoms with E-state index in [4.69, 9.17) is 4.74 Å². The monoisotopic (exact) mass is 264 g/mol. The van der Waals surface area contributed by atoms with Gasteiger partial charge in [0.15, 0.2) is 17.5 Å². The van der Waals surface area contributed by atoms with Crippen LogP contribution in [0.5, 0.6) is 5.75 Å². The molecule has 0 spiro atoms. The fraction of sp³-hybridized carbons (Fsp3) is 0.0667. The van der Waals surface area contributed by atoms with Crippen LogP contribution >= 0.6 is 0 Å². The van der Waals surface area contributed by atoms with Crippen molar-refractivity contribution in [2.45, 2.75) is 0 Å². The molecule has 0 N–H and O–H groups in total. The lowest BCUT2D eigenvalue weighted by Crippen LogP contribution is -1.90. The van der Waals surface area contributed by atoms with Crippen molar-refractivity contribution in [2.75, 3.05) is 7.11 Å². The molecule has 0 atom stereocenters. The third kappa shape index (κ3) is 3.16. The van der Waals surface area contributed by atoms with Gasteiger partial charge in [-0.15, -0.1) is 0 Å². The summed E-state index contributed by atoms with van der Waals surface area (Å²) in [6.07, 6.45) is 3.18. The van der Waals surface area contributed by atoms with Crippen molar-refractivity contribution in [3.05, 3.63) is 65.0 Å². The van der Waals surface area contributed by atoms with E-state index < -0.39 is 17.5 Å². The molecule has 0 unspecified atom stereocenters. The number of hydrogen-bond donors (Lipinski definition) is 0. The first-order valence-corrected chi connectivity index (χ1v) is 5.57. The summed E-state index contributed by atoms with van der Waals surface area (Å²) in [4.78, 5) is 0. The minimum Gasteiger partial charge on any atom is -0.497 e. The molecule has 2 aromatic carbocycles. The predicted molar refractivity (Wildman–Crippen MR) is 68.2 cm³/mol. The highest BCUT2D eigenvalue weighted by molar-refractivity contribution is 5.69. The first kappa shape index (κ1) is 13.2. The Labute approximate surface area is 109 Å². The van der Waals surface area contributed by atoms with Gasteiger partial charge < -0.3 is 4.74 Å². The van der Waals surface area contributed by atoms with Crippen LogP contribution in [0.1, 0.15) is 11.1 Å². The zero-order valence-electron chi connectivity index (χ0n) is 10.2. The second-order valence-electron chi connectivity index (χ2n) is 3.91. The topological polar surface area (TPSA) is 9.23 Å². The van der Waals surface area contributed by atoms with E-state index in [0.29, 0.717) is 0 Å². The normalized spacial score (nSPS) is 10.9. The molecule has 0 fully saturated rings. The number of rotatable bonds is 3. The molecule has 0 heterocycles. The summed E-state index contributed by atoms with van der Waals surface area (Å²) < 4.78 is 43.8. The molecule has 1 nitrogen and oxygen atoms in total. The molecule has 0 saturated heterocycles. The molecule has 2 rings (SSSR count). The van der Waals surface area contributed by atoms with Crippen LogP contribution in [0.25, 0.3) is 12.2 Å². The predicted octanol–water partition coefficient (Wildman–Crippen LogP) is 4.28. The van der Waals surface area contributed by atoms with E-state index in [1.165, 1.54) is 6.08 Å². The van der Waals surface area contributed by atoms with Gasteiger partial charge in [0, 0.05) is 0 Å². The van der Waals surface area contributed by atoms with Crippen LogP contribution in [0.4, 0.5) is 13.2 Å². The van der Waals surface area contributed by atoms with Crippen molar-refractivity contribution in [3.8, 4) is 5.75 Å². The second kappa shape index (κ2) is 5.61. The molecule has 0 saturated carbocycles. The highest BCUT2D eigenvalue weighted by Gasteiger charge is 2.08. The number of hydrogen-bond acceptors (Lipinski definition) is 1. The molecule has 98 valence electrons. The van der Waals surface area contributed by atoms with Gasteiger partial charge in [0.2, 0.25) is 0 Å². The van der Waals surface area contributed by atoms with Crippen molar-refractivity contribution in [1.29, 1.82) is 0 Å². The fourth-order valence-electron chi connectivity index (χ4n) is 1.58. The first-order chi connectivity index (χ1) is 9.10. The maximum absolute atomic E-state index is 13.0. The Morgan fingerprint density at radius 3 is 1.89 bits per heavy atom. The molecule has 2 aromatic rings. The van der Waals surface area contributed by atoms with E-state index >= 15 is 0 Å². The van der Waals surface area contributed by atoms with E-state index in [1.54, 1.807) is 37.5 Å². The highest BCUT2D eigenvalue weighted by Crippen LogP contribution is 2.17. The van der Waals surface area contributed by atoms with Gasteiger partial charge in [0.1, 0.15) is 5.75 Å². The van der Waals surface area contributed by atoms with Gasteiger partial charge in [-0.1, -0.05) is 24.3 Å². The maximum Gasteiger partial charge on any atom is 0.194 e. The van der Waals surface area contributed by atoms with Crippen molar-refractivity contribution >= 4 is 12.2 Å². The lowest BCUT2D eigenvalue weighted by molar-refractivity contribution is 0.415. The van der Waals surface area contributed by atoms with E-state index in [2.05, 4.69) is 0 Å². The van der Waals surface area contributed by atoms with Gasteiger partial charge in [-0.25, -0.2) is 13.2 Å². The van der Waals surface area contributed by atoms with E-state index in [1.807, 2.05) is 0 Å². The molecule has 19 heavy (non-hydrogen) atoms. The van der Waals surface area contributed by atoms with E-state index in [0.717, 1.165) is 23.4 Å². The SMILES string of the molecule is COc1ccc(C=Cc2cc(F)c(F)c(F)c2)cc1. The standard InChI is InChI=1S/C15H11F3O/c1-19-12-6-4-10(5-7-12)2-3-11-8-13(16)15(18)14(17)9-11/h2-9H,1H3. The van der Waals surface area contributed by atoms with Gasteiger partial charge >= 0.3 is 0 Å². The van der Waals surface area contributed by atoms with Gasteiger partial charge in [0.05, 0.1) is 7.11 Å². The van der Waals surface area contributed by atoms with Crippen molar-refractivity contribution < 1.29 is 17.9 Å². The number of methoxy groups -OCH3 is 1. The molecule has 0 aliphatic rings. The van der Waals surface area contributed by atoms with Crippen LogP contribution in [-0.4, -0.2) is 7.11 Å². The van der Waals surface area contributed by atoms with Crippen molar-refractivity contribution in [1.82, 2.24) is 0 Å². The summed E-state index contributed by atoms with van der Waals surface area (Å²) in [5, 5.41) is 0. The largest absolute Gasteiger partial charge is 0.497 e. The van der Waals surface area contributed by atoms with Gasteiger partial charge in [-0.3, -0.25) is 0 Å². The Morgan fingerprint density at radius 1 is 0.842 bits per heavy atom. The van der Waals surface area contributed by atoms with Crippen LogP contribution in [0, 0.1) is 17.5 Å². The van der Waals surface area contributed by atoms with Crippen molar-refractivity contribution in [3.63, 3.8) is 0 Å². The highest BCUT2D eigenvalue weighted by atomic mass is 19.2. The second-order valence-corrected chi connectivity index (χ2v) is 3.91.